The van der Waals surface area contributed by atoms with Gasteiger partial charge < -0.3 is 5.11 Å². The first-order chi connectivity index (χ1) is 12.9. The predicted octanol–water partition coefficient (Wildman–Crippen LogP) is 7.70. The highest BCUT2D eigenvalue weighted by molar-refractivity contribution is 5.36. The lowest BCUT2D eigenvalue weighted by Gasteiger charge is -2.24. The van der Waals surface area contributed by atoms with Gasteiger partial charge in [0.15, 0.2) is 0 Å². The molecule has 0 spiro atoms. The number of aromatic hydroxyl groups is 1. The van der Waals surface area contributed by atoms with Crippen LogP contribution in [0.1, 0.15) is 83.8 Å². The molecular weight excluding hydrogens is 328 g/mol. The van der Waals surface area contributed by atoms with E-state index in [0.29, 0.717) is 5.75 Å². The van der Waals surface area contributed by atoms with E-state index < -0.39 is 0 Å². The molecule has 1 aliphatic carbocycles. The maximum Gasteiger partial charge on any atom is 0.115 e. The Balaban J connectivity index is 1.67. The second-order valence-electron chi connectivity index (χ2n) is 8.60. The lowest BCUT2D eigenvalue weighted by molar-refractivity contribution is 0.426. The largest absolute Gasteiger partial charge is 0.508 e. The van der Waals surface area contributed by atoms with Crippen LogP contribution in [0.4, 0.5) is 0 Å². The maximum atomic E-state index is 9.61. The third kappa shape index (κ3) is 8.20. The van der Waals surface area contributed by atoms with Gasteiger partial charge in [0.05, 0.1) is 0 Å². The number of rotatable bonds is 9. The van der Waals surface area contributed by atoms with Crippen molar-refractivity contribution in [2.45, 2.75) is 85.5 Å². The minimum absolute atomic E-state index is 0.409. The molecule has 1 aromatic carbocycles. The predicted molar refractivity (Wildman–Crippen MR) is 118 cm³/mol. The molecule has 0 radical (unpaired) electrons. The molecule has 1 N–H and O–H groups in total. The Morgan fingerprint density at radius 1 is 0.926 bits per heavy atom. The van der Waals surface area contributed by atoms with Crippen molar-refractivity contribution in [1.29, 1.82) is 0 Å². The van der Waals surface area contributed by atoms with Crippen molar-refractivity contribution < 1.29 is 5.11 Å². The van der Waals surface area contributed by atoms with Gasteiger partial charge >= 0.3 is 0 Å². The molecule has 1 nitrogen and oxygen atoms in total. The van der Waals surface area contributed by atoms with E-state index in [1.807, 2.05) is 12.1 Å². The first-order valence-corrected chi connectivity index (χ1v) is 10.7. The van der Waals surface area contributed by atoms with E-state index in [-0.39, 0.29) is 0 Å². The second kappa shape index (κ2) is 11.2. The number of allylic oxidation sites excluding steroid dienone is 6. The monoisotopic (exact) mass is 366 g/mol. The van der Waals surface area contributed by atoms with Gasteiger partial charge in [0.2, 0.25) is 0 Å². The van der Waals surface area contributed by atoms with Crippen molar-refractivity contribution >= 4 is 0 Å². The van der Waals surface area contributed by atoms with Crippen LogP contribution in [0.2, 0.25) is 0 Å². The Hall–Kier alpha value is -1.76. The average Bonchev–Trinajstić information content (AvgIpc) is 2.61. The molecule has 0 saturated heterocycles. The Labute approximate surface area is 166 Å². The van der Waals surface area contributed by atoms with Crippen LogP contribution in [0.25, 0.3) is 0 Å². The Morgan fingerprint density at radius 3 is 2.30 bits per heavy atom. The van der Waals surface area contributed by atoms with Crippen molar-refractivity contribution in [3.05, 3.63) is 64.3 Å². The van der Waals surface area contributed by atoms with Crippen LogP contribution in [0, 0.1) is 5.92 Å². The molecule has 0 aromatic heterocycles. The summed E-state index contributed by atoms with van der Waals surface area (Å²) in [5, 5.41) is 9.61. The summed E-state index contributed by atoms with van der Waals surface area (Å²) in [5.74, 6) is 1.20. The molecule has 0 aliphatic heterocycles. The Morgan fingerprint density at radius 2 is 1.59 bits per heavy atom. The van der Waals surface area contributed by atoms with Gasteiger partial charge in [-0.3, -0.25) is 0 Å². The lowest BCUT2D eigenvalue weighted by Crippen LogP contribution is -2.13. The number of hydrogen-bond donors (Lipinski definition) is 1. The molecule has 2 rings (SSSR count). The quantitative estimate of drug-likeness (QED) is 0.444. The highest BCUT2D eigenvalue weighted by Gasteiger charge is 2.18. The molecule has 1 atom stereocenters. The van der Waals surface area contributed by atoms with E-state index in [4.69, 9.17) is 0 Å². The van der Waals surface area contributed by atoms with Crippen LogP contribution in [0.15, 0.2) is 53.1 Å². The summed E-state index contributed by atoms with van der Waals surface area (Å²) in [6.07, 6.45) is 18.0. The molecule has 1 unspecified atom stereocenters. The SMILES string of the molecule is CC(C)=CCC/C(C)=C/CC/C(C)=C/CCC1CCc2cc(O)ccc2C1. The third-order valence-corrected chi connectivity index (χ3v) is 5.71. The standard InChI is InChI=1S/C26H38O/c1-20(2)8-5-9-21(3)10-6-11-22(4)12-7-13-23-14-15-25-19-26(27)17-16-24(25)18-23/h8,10,12,16-17,19,23,27H,5-7,9,11,13-15,18H2,1-4H3/b21-10+,22-12+. The lowest BCUT2D eigenvalue weighted by atomic mass is 9.81. The van der Waals surface area contributed by atoms with Gasteiger partial charge in [-0.2, -0.15) is 0 Å². The van der Waals surface area contributed by atoms with Gasteiger partial charge in [-0.1, -0.05) is 41.0 Å². The molecule has 148 valence electrons. The Kier molecular flexibility index (Phi) is 8.91. The number of phenols is 1. The topological polar surface area (TPSA) is 20.2 Å². The summed E-state index contributed by atoms with van der Waals surface area (Å²) in [6, 6.07) is 5.90. The molecule has 1 aromatic rings. The van der Waals surface area contributed by atoms with Crippen LogP contribution in [0.5, 0.6) is 5.75 Å². The van der Waals surface area contributed by atoms with E-state index in [9.17, 15) is 5.11 Å². The smallest absolute Gasteiger partial charge is 0.115 e. The zero-order valence-corrected chi connectivity index (χ0v) is 17.9. The summed E-state index contributed by atoms with van der Waals surface area (Å²) < 4.78 is 0. The molecule has 0 heterocycles. The van der Waals surface area contributed by atoms with Crippen molar-refractivity contribution in [2.75, 3.05) is 0 Å². The molecule has 0 fully saturated rings. The summed E-state index contributed by atoms with van der Waals surface area (Å²) >= 11 is 0. The minimum atomic E-state index is 0.409. The highest BCUT2D eigenvalue weighted by atomic mass is 16.3. The number of benzene rings is 1. The maximum absolute atomic E-state index is 9.61. The van der Waals surface area contributed by atoms with Crippen LogP contribution in [-0.2, 0) is 12.8 Å². The summed E-state index contributed by atoms with van der Waals surface area (Å²) in [5.41, 5.74) is 7.26. The molecule has 0 amide bonds. The van der Waals surface area contributed by atoms with Crippen LogP contribution in [0.3, 0.4) is 0 Å². The second-order valence-corrected chi connectivity index (χ2v) is 8.60. The average molecular weight is 367 g/mol. The summed E-state index contributed by atoms with van der Waals surface area (Å²) in [6.45, 7) is 8.89. The molecule has 0 saturated carbocycles. The third-order valence-electron chi connectivity index (χ3n) is 5.71. The van der Waals surface area contributed by atoms with Crippen molar-refractivity contribution in [2.24, 2.45) is 5.92 Å². The number of hydrogen-bond acceptors (Lipinski definition) is 1. The number of aryl methyl sites for hydroxylation is 1. The van der Waals surface area contributed by atoms with Crippen molar-refractivity contribution in [3.8, 4) is 5.75 Å². The fourth-order valence-electron chi connectivity index (χ4n) is 3.97. The van der Waals surface area contributed by atoms with E-state index in [1.54, 1.807) is 0 Å². The molecule has 0 bridgehead atoms. The normalized spacial score (nSPS) is 17.6. The zero-order chi connectivity index (χ0) is 19.6. The van der Waals surface area contributed by atoms with Crippen LogP contribution in [-0.4, -0.2) is 5.11 Å². The zero-order valence-electron chi connectivity index (χ0n) is 17.9. The van der Waals surface area contributed by atoms with E-state index in [2.05, 4.69) is 52.0 Å². The van der Waals surface area contributed by atoms with Crippen molar-refractivity contribution in [1.82, 2.24) is 0 Å². The molecule has 27 heavy (non-hydrogen) atoms. The fourth-order valence-corrected chi connectivity index (χ4v) is 3.97. The van der Waals surface area contributed by atoms with E-state index in [1.165, 1.54) is 79.2 Å². The first-order valence-electron chi connectivity index (χ1n) is 10.7. The summed E-state index contributed by atoms with van der Waals surface area (Å²) in [7, 11) is 0. The van der Waals surface area contributed by atoms with Gasteiger partial charge in [-0.25, -0.2) is 0 Å². The first kappa shape index (κ1) is 21.5. The minimum Gasteiger partial charge on any atom is -0.508 e. The fraction of sp³-hybridized carbons (Fsp3) is 0.538. The van der Waals surface area contributed by atoms with Crippen LogP contribution >= 0.6 is 0 Å². The van der Waals surface area contributed by atoms with Crippen molar-refractivity contribution in [3.63, 3.8) is 0 Å². The summed E-state index contributed by atoms with van der Waals surface area (Å²) in [4.78, 5) is 0. The number of phenolic OH excluding ortho intramolecular Hbond substituents is 1. The van der Waals surface area contributed by atoms with Gasteiger partial charge in [-0.15, -0.1) is 0 Å². The van der Waals surface area contributed by atoms with Gasteiger partial charge in [0.1, 0.15) is 5.75 Å². The number of fused-ring (bicyclic) bond motifs is 1. The van der Waals surface area contributed by atoms with Gasteiger partial charge in [0.25, 0.3) is 0 Å². The molecule has 1 aliphatic rings. The molecule has 1 heteroatoms. The Bertz CT molecular complexity index is 686. The van der Waals surface area contributed by atoms with E-state index >= 15 is 0 Å². The highest BCUT2D eigenvalue weighted by Crippen LogP contribution is 2.30. The van der Waals surface area contributed by atoms with Crippen LogP contribution < -0.4 is 0 Å². The van der Waals surface area contributed by atoms with Gasteiger partial charge in [0, 0.05) is 0 Å². The van der Waals surface area contributed by atoms with Gasteiger partial charge in [-0.05, 0) is 115 Å². The van der Waals surface area contributed by atoms with E-state index in [0.717, 1.165) is 12.3 Å². The molecular formula is C26H38O.